The van der Waals surface area contributed by atoms with Crippen molar-refractivity contribution in [2.45, 2.75) is 19.4 Å². The zero-order chi connectivity index (χ0) is 12.9. The van der Waals surface area contributed by atoms with Crippen LogP contribution >= 0.6 is 0 Å². The van der Waals surface area contributed by atoms with Gasteiger partial charge >= 0.3 is 0 Å². The normalized spacial score (nSPS) is 14.9. The highest BCUT2D eigenvalue weighted by atomic mass is 16.5. The first kappa shape index (κ1) is 12.6. The maximum Gasteiger partial charge on any atom is 0.0591 e. The molecule has 1 aliphatic rings. The molecule has 0 unspecified atom stereocenters. The van der Waals surface area contributed by atoms with Gasteiger partial charge in [-0.1, -0.05) is 12.1 Å². The van der Waals surface area contributed by atoms with E-state index >= 15 is 0 Å². The number of ether oxygens (including phenoxy) is 1. The van der Waals surface area contributed by atoms with Crippen molar-refractivity contribution in [3.63, 3.8) is 0 Å². The monoisotopic (exact) mass is 256 g/mol. The first-order valence-electron chi connectivity index (χ1n) is 7.03. The summed E-state index contributed by atoms with van der Waals surface area (Å²) in [7, 11) is 0. The third kappa shape index (κ3) is 3.75. The minimum Gasteiger partial charge on any atom is -0.380 e. The number of hydrogen-bond acceptors (Lipinski definition) is 3. The molecule has 1 N–H and O–H groups in total. The van der Waals surface area contributed by atoms with E-state index in [1.165, 1.54) is 29.2 Å². The minimum atomic E-state index is 0.813. The van der Waals surface area contributed by atoms with Crippen molar-refractivity contribution >= 4 is 10.8 Å². The predicted octanol–water partition coefficient (Wildman–Crippen LogP) is 2.75. The summed E-state index contributed by atoms with van der Waals surface area (Å²) >= 11 is 0. The van der Waals surface area contributed by atoms with Crippen LogP contribution in [0.2, 0.25) is 0 Å². The quantitative estimate of drug-likeness (QED) is 0.773. The van der Waals surface area contributed by atoms with Crippen molar-refractivity contribution in [1.82, 2.24) is 10.3 Å². The molecule has 0 saturated heterocycles. The zero-order valence-electron chi connectivity index (χ0n) is 11.1. The summed E-state index contributed by atoms with van der Waals surface area (Å²) in [5.74, 6) is 0.856. The molecule has 3 heteroatoms. The number of fused-ring (bicyclic) bond motifs is 1. The molecular formula is C16H20N2O. The Hall–Kier alpha value is -1.45. The molecule has 19 heavy (non-hydrogen) atoms. The van der Waals surface area contributed by atoms with E-state index in [0.29, 0.717) is 0 Å². The molecule has 1 aromatic heterocycles. The molecule has 2 aromatic rings. The zero-order valence-corrected chi connectivity index (χ0v) is 11.1. The van der Waals surface area contributed by atoms with Crippen LogP contribution in [-0.4, -0.2) is 24.7 Å². The van der Waals surface area contributed by atoms with Crippen LogP contribution in [0.3, 0.4) is 0 Å². The van der Waals surface area contributed by atoms with E-state index in [0.717, 1.165) is 32.2 Å². The Morgan fingerprint density at radius 2 is 2.16 bits per heavy atom. The highest BCUT2D eigenvalue weighted by Gasteiger charge is 2.20. The van der Waals surface area contributed by atoms with E-state index in [2.05, 4.69) is 34.6 Å². The van der Waals surface area contributed by atoms with Crippen LogP contribution in [0, 0.1) is 5.92 Å². The van der Waals surface area contributed by atoms with Gasteiger partial charge in [-0.25, -0.2) is 0 Å². The van der Waals surface area contributed by atoms with E-state index in [-0.39, 0.29) is 0 Å². The standard InChI is InChI=1S/C16H20N2O/c1-2-13(1)12-19-8-7-18-10-14-3-4-16-11-17-6-5-15(16)9-14/h3-6,9,11,13,18H,1-2,7-8,10,12H2. The van der Waals surface area contributed by atoms with Crippen LogP contribution in [0.4, 0.5) is 0 Å². The summed E-state index contributed by atoms with van der Waals surface area (Å²) in [6.07, 6.45) is 6.46. The van der Waals surface area contributed by atoms with Crippen LogP contribution in [0.15, 0.2) is 36.7 Å². The average Bonchev–Trinajstić information content (AvgIpc) is 3.27. The summed E-state index contributed by atoms with van der Waals surface area (Å²) in [5.41, 5.74) is 1.31. The number of benzene rings is 1. The van der Waals surface area contributed by atoms with E-state index in [1.54, 1.807) is 0 Å². The van der Waals surface area contributed by atoms with Gasteiger partial charge in [0.15, 0.2) is 0 Å². The predicted molar refractivity (Wildman–Crippen MR) is 77.0 cm³/mol. The fourth-order valence-corrected chi connectivity index (χ4v) is 2.15. The number of rotatable bonds is 7. The second-order valence-electron chi connectivity index (χ2n) is 5.25. The van der Waals surface area contributed by atoms with E-state index in [9.17, 15) is 0 Å². The third-order valence-corrected chi connectivity index (χ3v) is 3.51. The summed E-state index contributed by atoms with van der Waals surface area (Å²) in [6, 6.07) is 8.55. The number of nitrogens with one attached hydrogen (secondary N) is 1. The molecule has 0 amide bonds. The second-order valence-corrected chi connectivity index (χ2v) is 5.25. The fraction of sp³-hybridized carbons (Fsp3) is 0.438. The summed E-state index contributed by atoms with van der Waals surface area (Å²) in [6.45, 7) is 3.57. The van der Waals surface area contributed by atoms with Crippen molar-refractivity contribution in [3.8, 4) is 0 Å². The van der Waals surface area contributed by atoms with Crippen LogP contribution in [0.5, 0.6) is 0 Å². The Kier molecular flexibility index (Phi) is 4.06. The van der Waals surface area contributed by atoms with Crippen molar-refractivity contribution in [1.29, 1.82) is 0 Å². The third-order valence-electron chi connectivity index (χ3n) is 3.51. The molecule has 100 valence electrons. The van der Waals surface area contributed by atoms with Gasteiger partial charge in [0.2, 0.25) is 0 Å². The minimum absolute atomic E-state index is 0.813. The van der Waals surface area contributed by atoms with E-state index in [4.69, 9.17) is 4.74 Å². The van der Waals surface area contributed by atoms with Crippen LogP contribution < -0.4 is 5.32 Å². The van der Waals surface area contributed by atoms with E-state index < -0.39 is 0 Å². The molecular weight excluding hydrogens is 236 g/mol. The van der Waals surface area contributed by atoms with E-state index in [1.807, 2.05) is 12.4 Å². The lowest BCUT2D eigenvalue weighted by molar-refractivity contribution is 0.126. The van der Waals surface area contributed by atoms with Gasteiger partial charge in [-0.05, 0) is 41.8 Å². The molecule has 0 atom stereocenters. The maximum absolute atomic E-state index is 5.59. The Bertz CT molecular complexity index is 537. The van der Waals surface area contributed by atoms with Crippen molar-refractivity contribution in [2.75, 3.05) is 19.8 Å². The molecule has 1 aromatic carbocycles. The summed E-state index contributed by atoms with van der Waals surface area (Å²) in [4.78, 5) is 4.13. The SMILES string of the molecule is c1cc2cc(CNCCOCC3CC3)ccc2cn1. The van der Waals surface area contributed by atoms with Crippen molar-refractivity contribution < 1.29 is 4.74 Å². The van der Waals surface area contributed by atoms with Gasteiger partial charge in [-0.15, -0.1) is 0 Å². The smallest absolute Gasteiger partial charge is 0.0591 e. The van der Waals surface area contributed by atoms with Gasteiger partial charge < -0.3 is 10.1 Å². The van der Waals surface area contributed by atoms with Crippen LogP contribution in [0.1, 0.15) is 18.4 Å². The van der Waals surface area contributed by atoms with Crippen LogP contribution in [0.25, 0.3) is 10.8 Å². The molecule has 0 bridgehead atoms. The van der Waals surface area contributed by atoms with Gasteiger partial charge in [-0.3, -0.25) is 4.98 Å². The lowest BCUT2D eigenvalue weighted by Crippen LogP contribution is -2.19. The Labute approximate surface area is 114 Å². The molecule has 0 radical (unpaired) electrons. The topological polar surface area (TPSA) is 34.1 Å². The Morgan fingerprint density at radius 1 is 1.21 bits per heavy atom. The number of pyridine rings is 1. The van der Waals surface area contributed by atoms with Gasteiger partial charge in [0.1, 0.15) is 0 Å². The number of aromatic nitrogens is 1. The fourth-order valence-electron chi connectivity index (χ4n) is 2.15. The Morgan fingerprint density at radius 3 is 3.05 bits per heavy atom. The molecule has 0 aliphatic heterocycles. The van der Waals surface area contributed by atoms with Gasteiger partial charge in [0.05, 0.1) is 6.61 Å². The molecule has 1 aliphatic carbocycles. The molecule has 3 nitrogen and oxygen atoms in total. The lowest BCUT2D eigenvalue weighted by Gasteiger charge is -2.07. The van der Waals surface area contributed by atoms with Gasteiger partial charge in [0, 0.05) is 37.5 Å². The first-order chi connectivity index (χ1) is 9.42. The highest BCUT2D eigenvalue weighted by molar-refractivity contribution is 5.81. The first-order valence-corrected chi connectivity index (χ1v) is 7.03. The largest absolute Gasteiger partial charge is 0.380 e. The number of hydrogen-bond donors (Lipinski definition) is 1. The molecule has 0 spiro atoms. The molecule has 3 rings (SSSR count). The maximum atomic E-state index is 5.59. The summed E-state index contributed by atoms with van der Waals surface area (Å²) in [5, 5.41) is 5.86. The second kappa shape index (κ2) is 6.13. The highest BCUT2D eigenvalue weighted by Crippen LogP contribution is 2.28. The van der Waals surface area contributed by atoms with Crippen molar-refractivity contribution in [2.24, 2.45) is 5.92 Å². The summed E-state index contributed by atoms with van der Waals surface area (Å²) < 4.78 is 5.59. The van der Waals surface area contributed by atoms with Crippen LogP contribution in [-0.2, 0) is 11.3 Å². The van der Waals surface area contributed by atoms with Crippen molar-refractivity contribution in [3.05, 3.63) is 42.2 Å². The average molecular weight is 256 g/mol. The molecule has 1 saturated carbocycles. The van der Waals surface area contributed by atoms with Gasteiger partial charge in [-0.2, -0.15) is 0 Å². The Balaban J connectivity index is 1.42. The lowest BCUT2D eigenvalue weighted by atomic mass is 10.1. The van der Waals surface area contributed by atoms with Gasteiger partial charge in [0.25, 0.3) is 0 Å². The number of nitrogens with zero attached hydrogens (tertiary/aromatic N) is 1. The molecule has 1 heterocycles. The molecule has 1 fully saturated rings.